The van der Waals surface area contributed by atoms with E-state index in [0.717, 1.165) is 33.4 Å². The van der Waals surface area contributed by atoms with E-state index in [1.54, 1.807) is 94.4 Å². The van der Waals surface area contributed by atoms with Crippen LogP contribution in [0.2, 0.25) is 0 Å². The van der Waals surface area contributed by atoms with E-state index in [0.29, 0.717) is 34.6 Å². The fourth-order valence-corrected chi connectivity index (χ4v) is 10.2. The van der Waals surface area contributed by atoms with E-state index >= 15 is 0 Å². The number of carbonyl (C=O) groups excluding carboxylic acids is 4. The van der Waals surface area contributed by atoms with Gasteiger partial charge in [-0.2, -0.15) is 0 Å². The predicted molar refractivity (Wildman–Crippen MR) is 298 cm³/mol. The van der Waals surface area contributed by atoms with Crippen molar-refractivity contribution < 1.29 is 46.8 Å². The summed E-state index contributed by atoms with van der Waals surface area (Å²) in [6.45, 7) is 7.23. The molecule has 0 unspecified atom stereocenters. The van der Waals surface area contributed by atoms with Crippen LogP contribution in [0.1, 0.15) is 68.7 Å². The zero-order valence-corrected chi connectivity index (χ0v) is 44.8. The molecule has 0 radical (unpaired) electrons. The van der Waals surface area contributed by atoms with Gasteiger partial charge in [0, 0.05) is 48.4 Å². The summed E-state index contributed by atoms with van der Waals surface area (Å²) in [5.74, 6) is -1.35. The van der Waals surface area contributed by atoms with Crippen molar-refractivity contribution in [1.82, 2.24) is 36.0 Å². The SMILES string of the molecule is CC(C)[C@H](NC(=O)OCC1c2ccccc2-c2ccccc21)C(=O)N[C@@H](CCCNC(N)=O)C(=O)Nc1ccc(CCN(Cc2ccc(-c3cc(-c4nc(-c5ccc(S(=O)(=O)C(C)C)cc5)cnc4N)on3)cc2)C(=O)O)cc1. The Balaban J connectivity index is 0.845. The lowest BCUT2D eigenvalue weighted by Gasteiger charge is -2.25. The highest BCUT2D eigenvalue weighted by Gasteiger charge is 2.32. The van der Waals surface area contributed by atoms with Crippen molar-refractivity contribution >= 4 is 51.4 Å². The molecule has 0 saturated heterocycles. The number of primary amides is 1. The number of anilines is 2. The fraction of sp³-hybridized carbons (Fsp3) is 0.276. The first kappa shape index (κ1) is 56.1. The smallest absolute Gasteiger partial charge is 0.407 e. The highest BCUT2D eigenvalue weighted by atomic mass is 32.2. The number of hydrogen-bond donors (Lipinski definition) is 7. The molecule has 20 nitrogen and oxygen atoms in total. The highest BCUT2D eigenvalue weighted by Crippen LogP contribution is 2.44. The first-order valence-electron chi connectivity index (χ1n) is 25.7. The molecule has 5 aromatic carbocycles. The third-order valence-electron chi connectivity index (χ3n) is 13.6. The summed E-state index contributed by atoms with van der Waals surface area (Å²) in [6, 6.07) is 35.2. The summed E-state index contributed by atoms with van der Waals surface area (Å²) in [5.41, 5.74) is 20.1. The zero-order chi connectivity index (χ0) is 56.4. The molecule has 0 spiro atoms. The monoisotopic (exact) mass is 1090 g/mol. The largest absolute Gasteiger partial charge is 0.465 e. The summed E-state index contributed by atoms with van der Waals surface area (Å²) >= 11 is 0. The van der Waals surface area contributed by atoms with Crippen molar-refractivity contribution in [3.05, 3.63) is 156 Å². The number of nitrogens with one attached hydrogen (secondary N) is 4. The molecule has 8 rings (SSSR count). The van der Waals surface area contributed by atoms with Gasteiger partial charge >= 0.3 is 18.2 Å². The number of nitrogen functional groups attached to an aromatic ring is 1. The molecule has 0 saturated carbocycles. The van der Waals surface area contributed by atoms with E-state index < -0.39 is 57.2 Å². The molecule has 21 heteroatoms. The number of nitrogens with two attached hydrogens (primary N) is 2. The van der Waals surface area contributed by atoms with Crippen molar-refractivity contribution in [2.45, 2.75) is 81.6 Å². The number of fused-ring (bicyclic) bond motifs is 3. The summed E-state index contributed by atoms with van der Waals surface area (Å²) in [6.07, 6.45) is 0.364. The van der Waals surface area contributed by atoms with Crippen LogP contribution in [0.25, 0.3) is 45.1 Å². The van der Waals surface area contributed by atoms with E-state index in [1.807, 2.05) is 48.5 Å². The van der Waals surface area contributed by atoms with E-state index in [9.17, 15) is 37.5 Å². The Hall–Kier alpha value is -9.11. The van der Waals surface area contributed by atoms with Gasteiger partial charge in [-0.1, -0.05) is 116 Å². The van der Waals surface area contributed by atoms with Gasteiger partial charge in [-0.3, -0.25) is 9.59 Å². The van der Waals surface area contributed by atoms with Crippen LogP contribution >= 0.6 is 0 Å². The first-order valence-corrected chi connectivity index (χ1v) is 27.3. The number of hydrogen-bond acceptors (Lipinski definition) is 13. The maximum atomic E-state index is 13.8. The van der Waals surface area contributed by atoms with Crippen molar-refractivity contribution in [2.75, 3.05) is 30.7 Å². The standard InChI is InChI=1S/C58H62N10O10S/c1-34(2)51(66-57(72)77-33-46-44-12-7-5-10-42(44)43-11-6-8-13-45(43)46)55(70)65-47(14-9-28-61-56(60)71)54(69)63-40-23-17-36(18-24-40)27-29-68(58(73)74)32-37-15-19-38(20-16-37)48-30-50(78-67-48)52-53(59)62-31-49(64-52)39-21-25-41(26-22-39)79(75,76)35(3)4/h5-8,10-13,15-26,30-31,34-35,46-47,51H,9,14,27-29,32-33H2,1-4H3,(H2,59,62)(H,63,69)(H,65,70)(H,66,72)(H,73,74)(H3,60,61,71)/t47-,51-/m0/s1. The van der Waals surface area contributed by atoms with Gasteiger partial charge in [-0.05, 0) is 96.7 Å². The Morgan fingerprint density at radius 1 is 0.785 bits per heavy atom. The van der Waals surface area contributed by atoms with Crippen molar-refractivity contribution in [2.24, 2.45) is 11.7 Å². The number of aromatic nitrogens is 3. The second kappa shape index (κ2) is 24.9. The first-order chi connectivity index (χ1) is 37.9. The van der Waals surface area contributed by atoms with Crippen LogP contribution in [0, 0.1) is 5.92 Å². The van der Waals surface area contributed by atoms with Crippen LogP contribution in [-0.2, 0) is 37.1 Å². The second-order valence-corrected chi connectivity index (χ2v) is 22.2. The lowest BCUT2D eigenvalue weighted by molar-refractivity contribution is -0.128. The summed E-state index contributed by atoms with van der Waals surface area (Å²) in [5, 5.41) is 24.6. The number of sulfone groups is 1. The minimum Gasteiger partial charge on any atom is -0.465 e. The van der Waals surface area contributed by atoms with Gasteiger partial charge < -0.3 is 52.0 Å². The summed E-state index contributed by atoms with van der Waals surface area (Å²) in [7, 11) is -3.45. The molecule has 2 aromatic heterocycles. The van der Waals surface area contributed by atoms with Crippen LogP contribution in [-0.4, -0.2) is 101 Å². The molecular weight excluding hydrogens is 1030 g/mol. The Kier molecular flexibility index (Phi) is 17.7. The number of urea groups is 1. The molecule has 2 atom stereocenters. The van der Waals surface area contributed by atoms with Crippen LogP contribution in [0.4, 0.5) is 25.9 Å². The number of carbonyl (C=O) groups is 5. The number of nitrogens with zero attached hydrogens (tertiary/aromatic N) is 4. The average Bonchev–Trinajstić information content (AvgIpc) is 4.15. The normalized spacial score (nSPS) is 12.7. The third kappa shape index (κ3) is 13.7. The number of rotatable bonds is 22. The summed E-state index contributed by atoms with van der Waals surface area (Å²) < 4.78 is 36.6. The lowest BCUT2D eigenvalue weighted by Crippen LogP contribution is -2.54. The van der Waals surface area contributed by atoms with Crippen LogP contribution in [0.3, 0.4) is 0 Å². The Bertz CT molecular complexity index is 3400. The van der Waals surface area contributed by atoms with Gasteiger partial charge in [-0.25, -0.2) is 32.8 Å². The molecule has 9 N–H and O–H groups in total. The molecule has 2 heterocycles. The molecule has 6 amide bonds. The molecule has 410 valence electrons. The quantitative estimate of drug-likeness (QED) is 0.0314. The lowest BCUT2D eigenvalue weighted by atomic mass is 9.98. The van der Waals surface area contributed by atoms with Crippen molar-refractivity contribution in [3.8, 4) is 45.1 Å². The average molecular weight is 1090 g/mol. The van der Waals surface area contributed by atoms with Crippen LogP contribution < -0.4 is 32.7 Å². The molecule has 0 fully saturated rings. The Labute approximate surface area is 457 Å². The van der Waals surface area contributed by atoms with E-state index in [2.05, 4.69) is 36.4 Å². The number of benzene rings is 5. The number of amides is 6. The topological polar surface area (TPSA) is 304 Å². The van der Waals surface area contributed by atoms with Crippen LogP contribution in [0.15, 0.2) is 143 Å². The predicted octanol–water partition coefficient (Wildman–Crippen LogP) is 8.39. The molecule has 1 aliphatic carbocycles. The third-order valence-corrected chi connectivity index (χ3v) is 15.8. The highest BCUT2D eigenvalue weighted by molar-refractivity contribution is 7.92. The number of alkyl carbamates (subject to hydrolysis) is 1. The molecular formula is C58H62N10O10S. The van der Waals surface area contributed by atoms with Crippen molar-refractivity contribution in [1.29, 1.82) is 0 Å². The molecule has 0 aliphatic heterocycles. The van der Waals surface area contributed by atoms with E-state index in [1.165, 1.54) is 23.2 Å². The minimum absolute atomic E-state index is 0.0507. The zero-order valence-electron chi connectivity index (χ0n) is 44.0. The van der Waals surface area contributed by atoms with Gasteiger partial charge in [0.1, 0.15) is 24.4 Å². The minimum atomic E-state index is -3.45. The van der Waals surface area contributed by atoms with Crippen molar-refractivity contribution in [3.63, 3.8) is 0 Å². The van der Waals surface area contributed by atoms with E-state index in [-0.39, 0.29) is 73.1 Å². The molecule has 7 aromatic rings. The maximum absolute atomic E-state index is 13.8. The Morgan fingerprint density at radius 3 is 2.03 bits per heavy atom. The van der Waals surface area contributed by atoms with E-state index in [4.69, 9.17) is 20.7 Å². The fourth-order valence-electron chi connectivity index (χ4n) is 9.17. The molecule has 79 heavy (non-hydrogen) atoms. The summed E-state index contributed by atoms with van der Waals surface area (Å²) in [4.78, 5) is 75.1. The number of ether oxygens (including phenoxy) is 1. The molecule has 1 aliphatic rings. The van der Waals surface area contributed by atoms with Gasteiger partial charge in [0.25, 0.3) is 0 Å². The van der Waals surface area contributed by atoms with Gasteiger partial charge in [0.15, 0.2) is 27.1 Å². The van der Waals surface area contributed by atoms with Crippen LogP contribution in [0.5, 0.6) is 0 Å². The van der Waals surface area contributed by atoms with Gasteiger partial charge in [-0.15, -0.1) is 0 Å². The van der Waals surface area contributed by atoms with Gasteiger partial charge in [0.2, 0.25) is 11.8 Å². The maximum Gasteiger partial charge on any atom is 0.407 e. The Morgan fingerprint density at radius 2 is 1.41 bits per heavy atom. The second-order valence-electron chi connectivity index (χ2n) is 19.7. The number of carboxylic acid groups (broad SMARTS) is 1. The molecule has 0 bridgehead atoms. The van der Waals surface area contributed by atoms with Gasteiger partial charge in [0.05, 0.1) is 22.0 Å².